The van der Waals surface area contributed by atoms with E-state index in [9.17, 15) is 13.2 Å². The predicted octanol–water partition coefficient (Wildman–Crippen LogP) is 3.31. The Kier molecular flexibility index (Phi) is 2.15. The summed E-state index contributed by atoms with van der Waals surface area (Å²) in [6, 6.07) is 2.23. The zero-order chi connectivity index (χ0) is 11.2. The fourth-order valence-corrected chi connectivity index (χ4v) is 1.66. The summed E-state index contributed by atoms with van der Waals surface area (Å²) in [5, 5.41) is -0.361. The van der Waals surface area contributed by atoms with Crippen molar-refractivity contribution in [2.75, 3.05) is 0 Å². The molecule has 0 N–H and O–H groups in total. The van der Waals surface area contributed by atoms with Gasteiger partial charge in [-0.05, 0) is 19.1 Å². The van der Waals surface area contributed by atoms with Crippen LogP contribution in [0, 0.1) is 6.92 Å². The molecule has 0 bridgehead atoms. The standard InChI is InChI=1S/C9H6ClF3N2/c1-5-4-15-7(14-5)3-2-6(8(15)10)9(11,12)13/h2-4H,1H3. The lowest BCUT2D eigenvalue weighted by Crippen LogP contribution is -2.07. The quantitative estimate of drug-likeness (QED) is 0.639. The number of fused-ring (bicyclic) bond motifs is 1. The number of nitrogens with zero attached hydrogens (tertiary/aromatic N) is 2. The highest BCUT2D eigenvalue weighted by Crippen LogP contribution is 2.34. The molecule has 0 saturated heterocycles. The lowest BCUT2D eigenvalue weighted by atomic mass is 10.3. The first-order chi connectivity index (χ1) is 6.89. The Hall–Kier alpha value is -1.23. The van der Waals surface area contributed by atoms with Crippen LogP contribution in [0.15, 0.2) is 18.3 Å². The van der Waals surface area contributed by atoms with Crippen LogP contribution in [-0.4, -0.2) is 9.38 Å². The van der Waals surface area contributed by atoms with E-state index >= 15 is 0 Å². The summed E-state index contributed by atoms with van der Waals surface area (Å²) in [5.41, 5.74) is 0.177. The summed E-state index contributed by atoms with van der Waals surface area (Å²) in [7, 11) is 0. The Labute approximate surface area is 88.3 Å². The first-order valence-electron chi connectivity index (χ1n) is 4.11. The van der Waals surface area contributed by atoms with Crippen LogP contribution in [-0.2, 0) is 6.18 Å². The zero-order valence-electron chi connectivity index (χ0n) is 7.64. The third-order valence-corrected chi connectivity index (χ3v) is 2.38. The molecule has 2 rings (SSSR count). The Morgan fingerprint density at radius 2 is 2.00 bits per heavy atom. The van der Waals surface area contributed by atoms with E-state index in [0.717, 1.165) is 6.07 Å². The maximum Gasteiger partial charge on any atom is 0.419 e. The Morgan fingerprint density at radius 1 is 1.33 bits per heavy atom. The number of hydrogen-bond acceptors (Lipinski definition) is 1. The van der Waals surface area contributed by atoms with Gasteiger partial charge in [-0.15, -0.1) is 0 Å². The van der Waals surface area contributed by atoms with Crippen LogP contribution in [0.25, 0.3) is 5.65 Å². The third-order valence-electron chi connectivity index (χ3n) is 1.99. The van der Waals surface area contributed by atoms with Gasteiger partial charge >= 0.3 is 6.18 Å². The largest absolute Gasteiger partial charge is 0.419 e. The van der Waals surface area contributed by atoms with Crippen LogP contribution in [0.1, 0.15) is 11.3 Å². The summed E-state index contributed by atoms with van der Waals surface area (Å²) in [5.74, 6) is 0. The van der Waals surface area contributed by atoms with E-state index in [1.165, 1.54) is 16.7 Å². The van der Waals surface area contributed by atoms with Crippen molar-refractivity contribution in [3.05, 3.63) is 34.7 Å². The lowest BCUT2D eigenvalue weighted by molar-refractivity contribution is -0.137. The number of rotatable bonds is 0. The maximum atomic E-state index is 12.5. The van der Waals surface area contributed by atoms with Gasteiger partial charge in [-0.25, -0.2) is 4.98 Å². The van der Waals surface area contributed by atoms with Crippen LogP contribution < -0.4 is 0 Å². The molecule has 0 aliphatic carbocycles. The monoisotopic (exact) mass is 234 g/mol. The van der Waals surface area contributed by atoms with Gasteiger partial charge in [-0.3, -0.25) is 4.40 Å². The second kappa shape index (κ2) is 3.13. The number of halogens is 4. The number of imidazole rings is 1. The molecule has 0 spiro atoms. The van der Waals surface area contributed by atoms with Crippen LogP contribution in [0.2, 0.25) is 5.15 Å². The van der Waals surface area contributed by atoms with E-state index in [4.69, 9.17) is 11.6 Å². The average molecular weight is 235 g/mol. The molecule has 15 heavy (non-hydrogen) atoms. The lowest BCUT2D eigenvalue weighted by Gasteiger charge is -2.09. The minimum absolute atomic E-state index is 0.361. The van der Waals surface area contributed by atoms with E-state index < -0.39 is 11.7 Å². The second-order valence-electron chi connectivity index (χ2n) is 3.15. The molecular weight excluding hydrogens is 229 g/mol. The second-order valence-corrected chi connectivity index (χ2v) is 3.50. The first-order valence-corrected chi connectivity index (χ1v) is 4.49. The topological polar surface area (TPSA) is 17.3 Å². The van der Waals surface area contributed by atoms with E-state index in [1.54, 1.807) is 6.92 Å². The molecule has 0 atom stereocenters. The van der Waals surface area contributed by atoms with Crippen molar-refractivity contribution in [3.63, 3.8) is 0 Å². The number of aryl methyl sites for hydroxylation is 1. The summed E-state index contributed by atoms with van der Waals surface area (Å²) in [4.78, 5) is 4.01. The van der Waals surface area contributed by atoms with Gasteiger partial charge in [-0.2, -0.15) is 13.2 Å². The Balaban J connectivity index is 2.75. The van der Waals surface area contributed by atoms with Crippen molar-refractivity contribution < 1.29 is 13.2 Å². The first kappa shape index (κ1) is 10.3. The number of pyridine rings is 1. The van der Waals surface area contributed by atoms with E-state index in [0.29, 0.717) is 11.3 Å². The summed E-state index contributed by atoms with van der Waals surface area (Å²) in [6.07, 6.45) is -2.98. The minimum Gasteiger partial charge on any atom is -0.289 e. The number of alkyl halides is 3. The molecule has 6 heteroatoms. The molecule has 2 aromatic heterocycles. The third kappa shape index (κ3) is 1.67. The van der Waals surface area contributed by atoms with Crippen LogP contribution in [0.3, 0.4) is 0 Å². The van der Waals surface area contributed by atoms with Crippen LogP contribution in [0.5, 0.6) is 0 Å². The highest BCUT2D eigenvalue weighted by Gasteiger charge is 2.34. The summed E-state index contributed by atoms with van der Waals surface area (Å²) < 4.78 is 38.6. The number of aromatic nitrogens is 2. The van der Waals surface area contributed by atoms with Crippen molar-refractivity contribution >= 4 is 17.2 Å². The SMILES string of the molecule is Cc1cn2c(Cl)c(C(F)(F)F)ccc2n1. The molecule has 80 valence electrons. The van der Waals surface area contributed by atoms with Gasteiger partial charge in [-0.1, -0.05) is 11.6 Å². The zero-order valence-corrected chi connectivity index (χ0v) is 8.39. The molecule has 0 radical (unpaired) electrons. The van der Waals surface area contributed by atoms with Gasteiger partial charge in [0.05, 0.1) is 11.3 Å². The molecule has 0 saturated carbocycles. The fraction of sp³-hybridized carbons (Fsp3) is 0.222. The molecule has 0 aromatic carbocycles. The van der Waals surface area contributed by atoms with Gasteiger partial charge in [0.15, 0.2) is 0 Å². The van der Waals surface area contributed by atoms with Crippen molar-refractivity contribution in [2.45, 2.75) is 13.1 Å². The smallest absolute Gasteiger partial charge is 0.289 e. The highest BCUT2D eigenvalue weighted by molar-refractivity contribution is 6.30. The molecule has 0 aliphatic rings. The highest BCUT2D eigenvalue weighted by atomic mass is 35.5. The summed E-state index contributed by atoms with van der Waals surface area (Å²) in [6.45, 7) is 1.69. The summed E-state index contributed by atoms with van der Waals surface area (Å²) >= 11 is 5.64. The maximum absolute atomic E-state index is 12.5. The Morgan fingerprint density at radius 3 is 2.60 bits per heavy atom. The van der Waals surface area contributed by atoms with Gasteiger partial charge in [0.1, 0.15) is 10.8 Å². The molecule has 2 nitrogen and oxygen atoms in total. The predicted molar refractivity (Wildman–Crippen MR) is 49.9 cm³/mol. The minimum atomic E-state index is -4.44. The van der Waals surface area contributed by atoms with Crippen molar-refractivity contribution in [1.29, 1.82) is 0 Å². The number of hydrogen-bond donors (Lipinski definition) is 0. The van der Waals surface area contributed by atoms with E-state index in [2.05, 4.69) is 4.98 Å². The average Bonchev–Trinajstić information content (AvgIpc) is 2.44. The molecule has 0 amide bonds. The van der Waals surface area contributed by atoms with Gasteiger partial charge in [0.25, 0.3) is 0 Å². The van der Waals surface area contributed by atoms with Crippen molar-refractivity contribution in [2.24, 2.45) is 0 Å². The van der Waals surface area contributed by atoms with Crippen LogP contribution >= 0.6 is 11.6 Å². The van der Waals surface area contributed by atoms with Crippen molar-refractivity contribution in [3.8, 4) is 0 Å². The molecule has 0 unspecified atom stereocenters. The molecular formula is C9H6ClF3N2. The Bertz CT molecular complexity index is 516. The molecule has 2 heterocycles. The molecule has 0 aliphatic heterocycles. The normalized spacial score (nSPS) is 12.3. The van der Waals surface area contributed by atoms with Gasteiger partial charge in [0, 0.05) is 6.20 Å². The van der Waals surface area contributed by atoms with Gasteiger partial charge in [0.2, 0.25) is 0 Å². The molecule has 2 aromatic rings. The van der Waals surface area contributed by atoms with E-state index in [1.807, 2.05) is 0 Å². The van der Waals surface area contributed by atoms with Crippen LogP contribution in [0.4, 0.5) is 13.2 Å². The van der Waals surface area contributed by atoms with Crippen molar-refractivity contribution in [1.82, 2.24) is 9.38 Å². The van der Waals surface area contributed by atoms with Gasteiger partial charge < -0.3 is 0 Å². The fourth-order valence-electron chi connectivity index (χ4n) is 1.36. The molecule has 0 fully saturated rings. The van der Waals surface area contributed by atoms with E-state index in [-0.39, 0.29) is 5.15 Å².